The minimum atomic E-state index is -4.93. The van der Waals surface area contributed by atoms with E-state index in [9.17, 15) is 29.8 Å². The van der Waals surface area contributed by atoms with Gasteiger partial charge in [-0.1, -0.05) is 30.3 Å². The van der Waals surface area contributed by atoms with Gasteiger partial charge in [-0.05, 0) is 29.7 Å². The van der Waals surface area contributed by atoms with E-state index in [-0.39, 0.29) is 17.1 Å². The highest BCUT2D eigenvalue weighted by Crippen LogP contribution is 2.35. The largest absolute Gasteiger partial charge is 0.397 e. The van der Waals surface area contributed by atoms with Crippen LogP contribution in [0.4, 0.5) is 17.1 Å². The van der Waals surface area contributed by atoms with Crippen molar-refractivity contribution in [2.24, 2.45) is 10.2 Å². The second-order valence-corrected chi connectivity index (χ2v) is 11.2. The van der Waals surface area contributed by atoms with E-state index in [4.69, 9.17) is 10.3 Å². The van der Waals surface area contributed by atoms with E-state index < -0.39 is 52.5 Å². The first kappa shape index (κ1) is 24.7. The van der Waals surface area contributed by atoms with E-state index in [1.165, 1.54) is 0 Å². The maximum atomic E-state index is 12.4. The smallest absolute Gasteiger partial charge is 0.397 e. The summed E-state index contributed by atoms with van der Waals surface area (Å²) in [4.78, 5) is -1.40. The van der Waals surface area contributed by atoms with E-state index in [0.29, 0.717) is 11.5 Å². The highest BCUT2D eigenvalue weighted by atomic mass is 32.3. The summed E-state index contributed by atoms with van der Waals surface area (Å²) < 4.78 is 91.7. The lowest BCUT2D eigenvalue weighted by molar-refractivity contribution is 0.284. The summed E-state index contributed by atoms with van der Waals surface area (Å²) in [5, 5.41) is 9.28. The summed E-state index contributed by atoms with van der Waals surface area (Å²) in [6, 6.07) is 13.1. The first-order valence-electron chi connectivity index (χ1n) is 8.93. The molecular weight excluding hydrogens is 498 g/mol. The Hall–Kier alpha value is -2.95. The third kappa shape index (κ3) is 6.10. The molecule has 3 rings (SSSR count). The summed E-state index contributed by atoms with van der Waals surface area (Å²) in [5.41, 5.74) is 6.09. The highest BCUT2D eigenvalue weighted by molar-refractivity contribution is 7.91. The molecule has 3 aromatic carbocycles. The molecule has 0 amide bonds. The van der Waals surface area contributed by atoms with Crippen LogP contribution in [0.5, 0.6) is 0 Å². The summed E-state index contributed by atoms with van der Waals surface area (Å²) >= 11 is 0. The van der Waals surface area contributed by atoms with Gasteiger partial charge in [0.15, 0.2) is 9.84 Å². The topological polar surface area (TPSA) is 203 Å². The summed E-state index contributed by atoms with van der Waals surface area (Å²) in [7, 11) is -14.0. The molecule has 0 aliphatic rings. The third-order valence-corrected chi connectivity index (χ3v) is 7.37. The number of sulfone groups is 1. The Morgan fingerprint density at radius 3 is 2.24 bits per heavy atom. The molecule has 0 fully saturated rings. The Morgan fingerprint density at radius 1 is 0.879 bits per heavy atom. The molecule has 12 nitrogen and oxygen atoms in total. The van der Waals surface area contributed by atoms with Crippen molar-refractivity contribution in [2.45, 2.75) is 9.79 Å². The van der Waals surface area contributed by atoms with Gasteiger partial charge in [-0.2, -0.15) is 16.8 Å². The number of nitrogen functional groups attached to an aromatic ring is 1. The predicted octanol–water partition coefficient (Wildman–Crippen LogP) is 2.68. The van der Waals surface area contributed by atoms with Crippen LogP contribution in [0.2, 0.25) is 0 Å². The van der Waals surface area contributed by atoms with Gasteiger partial charge in [-0.15, -0.1) is 10.2 Å². The van der Waals surface area contributed by atoms with E-state index in [1.54, 1.807) is 30.3 Å². The molecule has 0 saturated carbocycles. The molecule has 0 spiro atoms. The summed E-state index contributed by atoms with van der Waals surface area (Å²) in [6.07, 6.45) is 0. The van der Waals surface area contributed by atoms with Crippen molar-refractivity contribution in [2.75, 3.05) is 18.1 Å². The Kier molecular flexibility index (Phi) is 6.83. The Labute approximate surface area is 189 Å². The fourth-order valence-electron chi connectivity index (χ4n) is 2.83. The van der Waals surface area contributed by atoms with Gasteiger partial charge in [0.1, 0.15) is 16.3 Å². The lowest BCUT2D eigenvalue weighted by Crippen LogP contribution is -2.16. The number of azo groups is 1. The Morgan fingerprint density at radius 2 is 1.58 bits per heavy atom. The van der Waals surface area contributed by atoms with Crippen molar-refractivity contribution in [1.29, 1.82) is 0 Å². The summed E-state index contributed by atoms with van der Waals surface area (Å²) in [6.45, 7) is -0.913. The second-order valence-electron chi connectivity index (χ2n) is 6.60. The van der Waals surface area contributed by atoms with E-state index in [2.05, 4.69) is 14.4 Å². The molecule has 0 aromatic heterocycles. The number of benzene rings is 3. The van der Waals surface area contributed by atoms with E-state index in [0.717, 1.165) is 17.5 Å². The van der Waals surface area contributed by atoms with Gasteiger partial charge in [0.2, 0.25) is 0 Å². The number of hydrogen-bond acceptors (Lipinski definition) is 10. The fourth-order valence-corrected chi connectivity index (χ4v) is 5.07. The number of fused-ring (bicyclic) bond motifs is 1. The molecule has 15 heteroatoms. The number of nitrogens with zero attached hydrogens (tertiary/aromatic N) is 2. The molecule has 0 heterocycles. The lowest BCUT2D eigenvalue weighted by Gasteiger charge is -2.08. The molecule has 33 heavy (non-hydrogen) atoms. The molecular formula is C18H17N3O9S3. The van der Waals surface area contributed by atoms with Crippen LogP contribution in [-0.2, 0) is 34.5 Å². The zero-order valence-corrected chi connectivity index (χ0v) is 19.0. The SMILES string of the molecule is Nc1ccc2ccccc2c1N=Nc1ccc(S(=O)(=O)CCOS(=O)(=O)O)cc1S(=O)(=O)O. The van der Waals surface area contributed by atoms with Crippen molar-refractivity contribution in [3.05, 3.63) is 54.6 Å². The Balaban J connectivity index is 2.02. The van der Waals surface area contributed by atoms with Crippen LogP contribution in [0.1, 0.15) is 0 Å². The average Bonchev–Trinajstić information content (AvgIpc) is 2.71. The first-order chi connectivity index (χ1) is 15.3. The van der Waals surface area contributed by atoms with Gasteiger partial charge in [0, 0.05) is 5.39 Å². The molecule has 0 atom stereocenters. The number of anilines is 1. The molecule has 176 valence electrons. The highest BCUT2D eigenvalue weighted by Gasteiger charge is 2.23. The van der Waals surface area contributed by atoms with Gasteiger partial charge >= 0.3 is 10.4 Å². The van der Waals surface area contributed by atoms with Gasteiger partial charge in [0.05, 0.1) is 22.9 Å². The lowest BCUT2D eigenvalue weighted by atomic mass is 10.1. The molecule has 3 aromatic rings. The van der Waals surface area contributed by atoms with E-state index >= 15 is 0 Å². The molecule has 0 saturated heterocycles. The second kappa shape index (κ2) is 9.12. The number of nitrogens with two attached hydrogens (primary N) is 1. The van der Waals surface area contributed by atoms with Crippen LogP contribution in [0.3, 0.4) is 0 Å². The molecule has 0 unspecified atom stereocenters. The molecule has 0 bridgehead atoms. The van der Waals surface area contributed by atoms with Crippen LogP contribution >= 0.6 is 0 Å². The quantitative estimate of drug-likeness (QED) is 0.227. The van der Waals surface area contributed by atoms with Crippen molar-refractivity contribution >= 4 is 58.2 Å². The third-order valence-electron chi connectivity index (χ3n) is 4.34. The van der Waals surface area contributed by atoms with Crippen LogP contribution in [0, 0.1) is 0 Å². The Bertz CT molecular complexity index is 1570. The average molecular weight is 516 g/mol. The number of hydrogen-bond donors (Lipinski definition) is 3. The summed E-state index contributed by atoms with van der Waals surface area (Å²) in [5.74, 6) is -0.898. The van der Waals surface area contributed by atoms with E-state index in [1.807, 2.05) is 6.07 Å². The van der Waals surface area contributed by atoms with Gasteiger partial charge in [-0.25, -0.2) is 12.6 Å². The van der Waals surface area contributed by atoms with Gasteiger partial charge in [-0.3, -0.25) is 9.11 Å². The van der Waals surface area contributed by atoms with Crippen LogP contribution in [-0.4, -0.2) is 46.7 Å². The normalized spacial score (nSPS) is 13.0. The zero-order chi connectivity index (χ0) is 24.4. The maximum absolute atomic E-state index is 12.4. The van der Waals surface area contributed by atoms with Crippen LogP contribution in [0.15, 0.2) is 74.6 Å². The predicted molar refractivity (Wildman–Crippen MR) is 118 cm³/mol. The zero-order valence-electron chi connectivity index (χ0n) is 16.6. The molecule has 4 N–H and O–H groups in total. The minimum Gasteiger partial charge on any atom is -0.397 e. The van der Waals surface area contributed by atoms with Crippen molar-refractivity contribution < 1.29 is 38.5 Å². The maximum Gasteiger partial charge on any atom is 0.397 e. The standard InChI is InChI=1S/C18H17N3O9S3/c19-15-7-5-12-3-1-2-4-14(12)18(15)21-20-16-8-6-13(11-17(16)32(24,25)26)31(22,23)10-9-30-33(27,28)29/h1-8,11H,9-10,19H2,(H,24,25,26)(H,27,28,29). The minimum absolute atomic E-state index is 0.244. The molecule has 0 aliphatic carbocycles. The van der Waals surface area contributed by atoms with Gasteiger partial charge < -0.3 is 5.73 Å². The van der Waals surface area contributed by atoms with Gasteiger partial charge in [0.25, 0.3) is 10.1 Å². The van der Waals surface area contributed by atoms with Crippen LogP contribution in [0.25, 0.3) is 10.8 Å². The van der Waals surface area contributed by atoms with Crippen molar-refractivity contribution in [1.82, 2.24) is 0 Å². The molecule has 0 radical (unpaired) electrons. The molecule has 0 aliphatic heterocycles. The number of rotatable bonds is 8. The fraction of sp³-hybridized carbons (Fsp3) is 0.111. The van der Waals surface area contributed by atoms with Crippen LogP contribution < -0.4 is 5.73 Å². The monoisotopic (exact) mass is 515 g/mol. The van der Waals surface area contributed by atoms with Crippen molar-refractivity contribution in [3.8, 4) is 0 Å². The first-order valence-corrected chi connectivity index (χ1v) is 13.4. The van der Waals surface area contributed by atoms with Crippen molar-refractivity contribution in [3.63, 3.8) is 0 Å².